The fourth-order valence-corrected chi connectivity index (χ4v) is 1.53. The normalized spacial score (nSPS) is 23.9. The maximum Gasteiger partial charge on any atom is 0.322 e. The smallest absolute Gasteiger partial charge is 0.322 e. The lowest BCUT2D eigenvalue weighted by atomic mass is 10.2. The van der Waals surface area contributed by atoms with Gasteiger partial charge in [0.25, 0.3) is 0 Å². The molecule has 0 aromatic heterocycles. The molecule has 1 heterocycles. The van der Waals surface area contributed by atoms with E-state index in [9.17, 15) is 4.79 Å². The number of nitrogens with one attached hydrogen (secondary N) is 1. The molecule has 0 aromatic carbocycles. The van der Waals surface area contributed by atoms with Gasteiger partial charge < -0.3 is 10.5 Å². The van der Waals surface area contributed by atoms with Gasteiger partial charge in [-0.3, -0.25) is 4.79 Å². The van der Waals surface area contributed by atoms with Crippen molar-refractivity contribution < 1.29 is 9.90 Å². The Labute approximate surface area is 81.3 Å². The Morgan fingerprint density at radius 2 is 2.42 bits per heavy atom. The molecular formula is C6H10N2O2S2. The van der Waals surface area contributed by atoms with E-state index >= 15 is 0 Å². The van der Waals surface area contributed by atoms with E-state index in [0.717, 1.165) is 6.42 Å². The third-order valence-corrected chi connectivity index (χ3v) is 1.97. The molecule has 2 N–H and O–H groups in total. The van der Waals surface area contributed by atoms with Gasteiger partial charge in [0.2, 0.25) is 0 Å². The highest BCUT2D eigenvalue weighted by atomic mass is 32.1. The highest BCUT2D eigenvalue weighted by Crippen LogP contribution is 2.14. The molecule has 68 valence electrons. The number of carboxylic acids is 1. The highest BCUT2D eigenvalue weighted by molar-refractivity contribution is 8.11. The standard InChI is InChI=1S/C6H10N2O2S2/c9-5(10)4-2-1-3-8(4)7-6(11)12/h4H,1-3H2,(H,9,10)(H2,7,11,12). The Morgan fingerprint density at radius 1 is 1.75 bits per heavy atom. The summed E-state index contributed by atoms with van der Waals surface area (Å²) in [7, 11) is 0. The lowest BCUT2D eigenvalue weighted by Gasteiger charge is -2.21. The van der Waals surface area contributed by atoms with Crippen LogP contribution in [0.5, 0.6) is 0 Å². The average Bonchev–Trinajstić information content (AvgIpc) is 2.33. The summed E-state index contributed by atoms with van der Waals surface area (Å²) < 4.78 is 0.308. The van der Waals surface area contributed by atoms with E-state index in [-0.39, 0.29) is 0 Å². The van der Waals surface area contributed by atoms with Gasteiger partial charge in [-0.2, -0.15) is 0 Å². The number of hydrogen-bond acceptors (Lipinski definition) is 3. The third kappa shape index (κ3) is 2.33. The summed E-state index contributed by atoms with van der Waals surface area (Å²) in [6.45, 7) is 0.706. The summed E-state index contributed by atoms with van der Waals surface area (Å²) in [6.07, 6.45) is 1.54. The van der Waals surface area contributed by atoms with Gasteiger partial charge in [-0.1, -0.05) is 12.2 Å². The Balaban J connectivity index is 2.52. The van der Waals surface area contributed by atoms with Crippen LogP contribution in [-0.2, 0) is 4.79 Å². The molecule has 1 fully saturated rings. The summed E-state index contributed by atoms with van der Waals surface area (Å²) in [4.78, 5) is 10.6. The molecular weight excluding hydrogens is 196 g/mol. The van der Waals surface area contributed by atoms with E-state index in [0.29, 0.717) is 17.3 Å². The number of carbonyl (C=O) groups is 1. The van der Waals surface area contributed by atoms with Gasteiger partial charge in [-0.05, 0) is 12.8 Å². The second kappa shape index (κ2) is 4.06. The lowest BCUT2D eigenvalue weighted by molar-refractivity contribution is -0.142. The molecule has 12 heavy (non-hydrogen) atoms. The topological polar surface area (TPSA) is 52.6 Å². The summed E-state index contributed by atoms with van der Waals surface area (Å²) in [6, 6.07) is -0.463. The molecule has 1 aliphatic heterocycles. The minimum Gasteiger partial charge on any atom is -0.480 e. The summed E-state index contributed by atoms with van der Waals surface area (Å²) in [5.74, 6) is -0.815. The van der Waals surface area contributed by atoms with Crippen LogP contribution in [-0.4, -0.2) is 33.0 Å². The molecule has 0 aliphatic carbocycles. The van der Waals surface area contributed by atoms with Gasteiger partial charge in [0, 0.05) is 6.54 Å². The molecule has 0 bridgehead atoms. The van der Waals surface area contributed by atoms with Crippen LogP contribution in [0.3, 0.4) is 0 Å². The number of nitrogens with zero attached hydrogens (tertiary/aromatic N) is 1. The van der Waals surface area contributed by atoms with Crippen molar-refractivity contribution in [1.82, 2.24) is 10.4 Å². The van der Waals surface area contributed by atoms with Crippen molar-refractivity contribution >= 4 is 35.1 Å². The first kappa shape index (κ1) is 9.76. The van der Waals surface area contributed by atoms with Crippen molar-refractivity contribution in [2.45, 2.75) is 18.9 Å². The zero-order valence-corrected chi connectivity index (χ0v) is 8.07. The van der Waals surface area contributed by atoms with E-state index in [4.69, 9.17) is 17.3 Å². The maximum atomic E-state index is 10.6. The van der Waals surface area contributed by atoms with Crippen molar-refractivity contribution in [3.63, 3.8) is 0 Å². The maximum absolute atomic E-state index is 10.6. The molecule has 4 nitrogen and oxygen atoms in total. The van der Waals surface area contributed by atoms with Crippen molar-refractivity contribution in [2.75, 3.05) is 6.54 Å². The Kier molecular flexibility index (Phi) is 3.30. The van der Waals surface area contributed by atoms with E-state index in [1.165, 1.54) is 0 Å². The molecule has 0 aromatic rings. The first-order valence-electron chi connectivity index (χ1n) is 3.60. The molecule has 1 aliphatic rings. The third-order valence-electron chi connectivity index (χ3n) is 1.78. The van der Waals surface area contributed by atoms with E-state index in [1.807, 2.05) is 0 Å². The van der Waals surface area contributed by atoms with Crippen LogP contribution < -0.4 is 5.43 Å². The largest absolute Gasteiger partial charge is 0.480 e. The van der Waals surface area contributed by atoms with Crippen molar-refractivity contribution in [3.05, 3.63) is 0 Å². The van der Waals surface area contributed by atoms with Crippen LogP contribution in [0.2, 0.25) is 0 Å². The van der Waals surface area contributed by atoms with E-state index in [1.54, 1.807) is 5.01 Å². The molecule has 0 radical (unpaired) electrons. The van der Waals surface area contributed by atoms with Crippen molar-refractivity contribution in [2.24, 2.45) is 0 Å². The summed E-state index contributed by atoms with van der Waals surface area (Å²) in [5, 5.41) is 10.4. The van der Waals surface area contributed by atoms with Gasteiger partial charge in [0.05, 0.1) is 0 Å². The predicted molar refractivity (Wildman–Crippen MR) is 52.1 cm³/mol. The Bertz CT molecular complexity index is 210. The fourth-order valence-electron chi connectivity index (χ4n) is 1.28. The average molecular weight is 206 g/mol. The van der Waals surface area contributed by atoms with Crippen LogP contribution in [0.4, 0.5) is 0 Å². The minimum atomic E-state index is -0.815. The van der Waals surface area contributed by atoms with E-state index < -0.39 is 12.0 Å². The van der Waals surface area contributed by atoms with Crippen molar-refractivity contribution in [3.8, 4) is 0 Å². The Morgan fingerprint density at radius 3 is 2.92 bits per heavy atom. The number of rotatable bonds is 2. The molecule has 1 rings (SSSR count). The second-order valence-electron chi connectivity index (χ2n) is 2.61. The first-order valence-corrected chi connectivity index (χ1v) is 4.46. The lowest BCUT2D eigenvalue weighted by Crippen LogP contribution is -2.46. The van der Waals surface area contributed by atoms with Crippen molar-refractivity contribution in [1.29, 1.82) is 0 Å². The predicted octanol–water partition coefficient (Wildman–Crippen LogP) is 0.255. The zero-order valence-electron chi connectivity index (χ0n) is 6.36. The molecule has 0 spiro atoms. The van der Waals surface area contributed by atoms with E-state index in [2.05, 4.69) is 18.1 Å². The fraction of sp³-hybridized carbons (Fsp3) is 0.667. The quantitative estimate of drug-likeness (QED) is 0.447. The molecule has 1 atom stereocenters. The number of hydrogen-bond donors (Lipinski definition) is 3. The van der Waals surface area contributed by atoms with Crippen LogP contribution >= 0.6 is 24.8 Å². The SMILES string of the molecule is O=C(O)C1CCCN1NC(=S)S. The monoisotopic (exact) mass is 206 g/mol. The second-order valence-corrected chi connectivity index (χ2v) is 3.76. The van der Waals surface area contributed by atoms with Crippen LogP contribution in [0.15, 0.2) is 0 Å². The first-order chi connectivity index (χ1) is 5.61. The van der Waals surface area contributed by atoms with Gasteiger partial charge >= 0.3 is 5.97 Å². The van der Waals surface area contributed by atoms with Gasteiger partial charge in [0.15, 0.2) is 0 Å². The van der Waals surface area contributed by atoms with Gasteiger partial charge in [-0.25, -0.2) is 5.01 Å². The van der Waals surface area contributed by atoms with Gasteiger partial charge in [0.1, 0.15) is 10.4 Å². The van der Waals surface area contributed by atoms with Gasteiger partial charge in [-0.15, -0.1) is 12.6 Å². The zero-order chi connectivity index (χ0) is 9.14. The van der Waals surface area contributed by atoms with Crippen LogP contribution in [0.1, 0.15) is 12.8 Å². The van der Waals surface area contributed by atoms with Crippen LogP contribution in [0.25, 0.3) is 0 Å². The number of thiocarbonyl (C=S) groups is 1. The number of carboxylic acid groups (broad SMARTS) is 1. The number of thiol groups is 1. The number of aliphatic carboxylic acids is 1. The highest BCUT2D eigenvalue weighted by Gasteiger charge is 2.30. The Hall–Kier alpha value is -0.330. The summed E-state index contributed by atoms with van der Waals surface area (Å²) in [5.41, 5.74) is 2.72. The molecule has 0 amide bonds. The molecule has 0 saturated carbocycles. The minimum absolute atomic E-state index is 0.308. The molecule has 1 saturated heterocycles. The molecule has 6 heteroatoms. The number of hydrazine groups is 1. The molecule has 1 unspecified atom stereocenters. The van der Waals surface area contributed by atoms with Crippen LogP contribution in [0, 0.1) is 0 Å². The summed E-state index contributed by atoms with van der Waals surface area (Å²) >= 11 is 8.56.